The van der Waals surface area contributed by atoms with E-state index < -0.39 is 0 Å². The molecular weight excluding hydrogens is 366 g/mol. The smallest absolute Gasteiger partial charge is 0.265 e. The molecule has 7 nitrogen and oxygen atoms in total. The van der Waals surface area contributed by atoms with Gasteiger partial charge in [-0.1, -0.05) is 29.5 Å². The number of amides is 1. The number of nitrogens with one attached hydrogen (secondary N) is 1. The highest BCUT2D eigenvalue weighted by atomic mass is 32.1. The maximum atomic E-state index is 12.7. The number of nitrogens with zero attached hydrogens (tertiary/aromatic N) is 2. The molecule has 0 saturated carbocycles. The molecule has 1 aromatic heterocycles. The summed E-state index contributed by atoms with van der Waals surface area (Å²) in [6, 6.07) is 12.9. The third-order valence-corrected chi connectivity index (χ3v) is 4.70. The Balaban J connectivity index is 1.73. The molecule has 27 heavy (non-hydrogen) atoms. The Labute approximate surface area is 160 Å². The monoisotopic (exact) mass is 385 g/mol. The van der Waals surface area contributed by atoms with Gasteiger partial charge in [0.2, 0.25) is 5.13 Å². The molecule has 1 amide bonds. The fourth-order valence-corrected chi connectivity index (χ4v) is 3.30. The van der Waals surface area contributed by atoms with Crippen LogP contribution in [0.3, 0.4) is 0 Å². The number of hydrogen-bond donors (Lipinski definition) is 1. The SMILES string of the molecule is COc1ccc(Cc2nnc(NC(=O)c3c(OC)cccc3OC)s2)cc1. The van der Waals surface area contributed by atoms with E-state index in [0.717, 1.165) is 16.3 Å². The number of anilines is 1. The first-order chi connectivity index (χ1) is 13.1. The molecule has 140 valence electrons. The van der Waals surface area contributed by atoms with Gasteiger partial charge in [-0.2, -0.15) is 0 Å². The summed E-state index contributed by atoms with van der Waals surface area (Å²) in [4.78, 5) is 12.7. The van der Waals surface area contributed by atoms with Crippen molar-refractivity contribution in [3.8, 4) is 17.2 Å². The molecule has 0 bridgehead atoms. The molecule has 8 heteroatoms. The van der Waals surface area contributed by atoms with Crippen LogP contribution in [0, 0.1) is 0 Å². The molecule has 3 aromatic rings. The largest absolute Gasteiger partial charge is 0.497 e. The van der Waals surface area contributed by atoms with Crippen molar-refractivity contribution >= 4 is 22.4 Å². The van der Waals surface area contributed by atoms with Gasteiger partial charge in [0.05, 0.1) is 21.3 Å². The van der Waals surface area contributed by atoms with Gasteiger partial charge < -0.3 is 14.2 Å². The van der Waals surface area contributed by atoms with E-state index in [1.54, 1.807) is 25.3 Å². The lowest BCUT2D eigenvalue weighted by Crippen LogP contribution is -2.14. The normalized spacial score (nSPS) is 10.3. The number of hydrogen-bond acceptors (Lipinski definition) is 7. The van der Waals surface area contributed by atoms with Crippen molar-refractivity contribution in [3.05, 3.63) is 58.6 Å². The number of ether oxygens (including phenoxy) is 3. The second-order valence-electron chi connectivity index (χ2n) is 5.52. The van der Waals surface area contributed by atoms with E-state index in [1.807, 2.05) is 24.3 Å². The van der Waals surface area contributed by atoms with Crippen LogP contribution in [0.15, 0.2) is 42.5 Å². The molecule has 0 aliphatic heterocycles. The van der Waals surface area contributed by atoms with Crippen LogP contribution in [-0.2, 0) is 6.42 Å². The van der Waals surface area contributed by atoms with Crippen molar-refractivity contribution < 1.29 is 19.0 Å². The van der Waals surface area contributed by atoms with E-state index in [1.165, 1.54) is 25.6 Å². The lowest BCUT2D eigenvalue weighted by atomic mass is 10.1. The average Bonchev–Trinajstić information content (AvgIpc) is 3.14. The summed E-state index contributed by atoms with van der Waals surface area (Å²) in [6.07, 6.45) is 0.621. The van der Waals surface area contributed by atoms with Crippen LogP contribution in [0.2, 0.25) is 0 Å². The maximum Gasteiger partial charge on any atom is 0.265 e. The third kappa shape index (κ3) is 4.35. The van der Waals surface area contributed by atoms with Crippen LogP contribution in [0.25, 0.3) is 0 Å². The highest BCUT2D eigenvalue weighted by Crippen LogP contribution is 2.29. The lowest BCUT2D eigenvalue weighted by molar-refractivity contribution is 0.102. The zero-order chi connectivity index (χ0) is 19.2. The van der Waals surface area contributed by atoms with Gasteiger partial charge in [0.15, 0.2) is 0 Å². The Morgan fingerprint density at radius 2 is 1.63 bits per heavy atom. The van der Waals surface area contributed by atoms with Gasteiger partial charge in [-0.25, -0.2) is 0 Å². The van der Waals surface area contributed by atoms with Gasteiger partial charge in [0, 0.05) is 6.42 Å². The van der Waals surface area contributed by atoms with E-state index in [0.29, 0.717) is 28.6 Å². The van der Waals surface area contributed by atoms with Crippen LogP contribution in [0.5, 0.6) is 17.2 Å². The zero-order valence-electron chi connectivity index (χ0n) is 15.2. The van der Waals surface area contributed by atoms with Crippen LogP contribution in [0.4, 0.5) is 5.13 Å². The molecule has 0 atom stereocenters. The molecule has 1 N–H and O–H groups in total. The minimum Gasteiger partial charge on any atom is -0.497 e. The summed E-state index contributed by atoms with van der Waals surface area (Å²) < 4.78 is 15.7. The van der Waals surface area contributed by atoms with Gasteiger partial charge in [0.25, 0.3) is 5.91 Å². The average molecular weight is 385 g/mol. The van der Waals surface area contributed by atoms with E-state index in [-0.39, 0.29) is 5.91 Å². The standard InChI is InChI=1S/C19H19N3O4S/c1-24-13-9-7-12(8-10-13)11-16-21-22-19(27-16)20-18(23)17-14(25-2)5-4-6-15(17)26-3/h4-10H,11H2,1-3H3,(H,20,22,23). The van der Waals surface area contributed by atoms with Gasteiger partial charge in [0.1, 0.15) is 27.8 Å². The molecule has 0 aliphatic carbocycles. The molecule has 1 heterocycles. The highest BCUT2D eigenvalue weighted by molar-refractivity contribution is 7.15. The molecule has 3 rings (SSSR count). The molecule has 0 radical (unpaired) electrons. The van der Waals surface area contributed by atoms with E-state index in [4.69, 9.17) is 14.2 Å². The first-order valence-corrected chi connectivity index (χ1v) is 8.94. The highest BCUT2D eigenvalue weighted by Gasteiger charge is 2.19. The fourth-order valence-electron chi connectivity index (χ4n) is 2.53. The predicted molar refractivity (Wildman–Crippen MR) is 103 cm³/mol. The van der Waals surface area contributed by atoms with Crippen molar-refractivity contribution in [3.63, 3.8) is 0 Å². The van der Waals surface area contributed by atoms with Gasteiger partial charge in [-0.05, 0) is 29.8 Å². The molecule has 0 unspecified atom stereocenters. The maximum absolute atomic E-state index is 12.7. The van der Waals surface area contributed by atoms with Crippen molar-refractivity contribution in [1.29, 1.82) is 0 Å². The Hall–Kier alpha value is -3.13. The van der Waals surface area contributed by atoms with Crippen LogP contribution in [0.1, 0.15) is 20.9 Å². The predicted octanol–water partition coefficient (Wildman–Crippen LogP) is 3.41. The second-order valence-corrected chi connectivity index (χ2v) is 6.58. The number of aromatic nitrogens is 2. The lowest BCUT2D eigenvalue weighted by Gasteiger charge is -2.11. The third-order valence-electron chi connectivity index (χ3n) is 3.86. The van der Waals surface area contributed by atoms with Crippen molar-refractivity contribution in [1.82, 2.24) is 10.2 Å². The summed E-state index contributed by atoms with van der Waals surface area (Å²) >= 11 is 1.32. The molecule has 0 aliphatic rings. The Morgan fingerprint density at radius 3 is 2.22 bits per heavy atom. The summed E-state index contributed by atoms with van der Waals surface area (Å²) in [7, 11) is 4.64. The molecule has 0 saturated heterocycles. The molecule has 2 aromatic carbocycles. The van der Waals surface area contributed by atoms with Crippen LogP contribution >= 0.6 is 11.3 Å². The zero-order valence-corrected chi connectivity index (χ0v) is 16.0. The molecular formula is C19H19N3O4S. The van der Waals surface area contributed by atoms with E-state index in [9.17, 15) is 4.79 Å². The van der Waals surface area contributed by atoms with Gasteiger partial charge >= 0.3 is 0 Å². The summed E-state index contributed by atoms with van der Waals surface area (Å²) in [6.45, 7) is 0. The fraction of sp³-hybridized carbons (Fsp3) is 0.211. The summed E-state index contributed by atoms with van der Waals surface area (Å²) in [5.74, 6) is 1.29. The van der Waals surface area contributed by atoms with Crippen molar-refractivity contribution in [2.24, 2.45) is 0 Å². The van der Waals surface area contributed by atoms with Gasteiger partial charge in [-0.15, -0.1) is 10.2 Å². The topological polar surface area (TPSA) is 82.6 Å². The number of benzene rings is 2. The second kappa shape index (κ2) is 8.50. The summed E-state index contributed by atoms with van der Waals surface area (Å²) in [5.41, 5.74) is 1.39. The Kier molecular flexibility index (Phi) is 5.87. The first-order valence-electron chi connectivity index (χ1n) is 8.12. The minimum atomic E-state index is -0.364. The first kappa shape index (κ1) is 18.7. The van der Waals surface area contributed by atoms with Crippen LogP contribution in [-0.4, -0.2) is 37.4 Å². The number of carbonyl (C=O) groups is 1. The number of methoxy groups -OCH3 is 3. The van der Waals surface area contributed by atoms with Crippen molar-refractivity contribution in [2.75, 3.05) is 26.6 Å². The van der Waals surface area contributed by atoms with Gasteiger partial charge in [-0.3, -0.25) is 10.1 Å². The number of rotatable bonds is 7. The Morgan fingerprint density at radius 1 is 0.963 bits per heavy atom. The van der Waals surface area contributed by atoms with E-state index >= 15 is 0 Å². The molecule has 0 spiro atoms. The number of carbonyl (C=O) groups excluding carboxylic acids is 1. The summed E-state index contributed by atoms with van der Waals surface area (Å²) in [5, 5.41) is 12.2. The molecule has 0 fully saturated rings. The Bertz CT molecular complexity index is 903. The van der Waals surface area contributed by atoms with Crippen LogP contribution < -0.4 is 19.5 Å². The quantitative estimate of drug-likeness (QED) is 0.671. The minimum absolute atomic E-state index is 0.314. The van der Waals surface area contributed by atoms with E-state index in [2.05, 4.69) is 15.5 Å². The van der Waals surface area contributed by atoms with Crippen molar-refractivity contribution in [2.45, 2.75) is 6.42 Å².